The van der Waals surface area contributed by atoms with Crippen LogP contribution >= 0.6 is 11.8 Å². The summed E-state index contributed by atoms with van der Waals surface area (Å²) in [7, 11) is 0. The highest BCUT2D eigenvalue weighted by Gasteiger charge is 1.92. The van der Waals surface area contributed by atoms with Crippen LogP contribution in [0.15, 0.2) is 12.7 Å². The summed E-state index contributed by atoms with van der Waals surface area (Å²) in [5.41, 5.74) is 0. The molecule has 0 aromatic heterocycles. The van der Waals surface area contributed by atoms with Crippen LogP contribution in [-0.2, 0) is 9.53 Å². The standard InChI is InChI=1S/C7H12O2S/c1-3-7(8)9-5-4-6-10-2/h3H,1,4-6H2,2H3. The molecule has 0 aliphatic carbocycles. The maximum atomic E-state index is 10.4. The molecular formula is C7H12O2S. The lowest BCUT2D eigenvalue weighted by Crippen LogP contribution is -2.02. The van der Waals surface area contributed by atoms with Gasteiger partial charge in [0.15, 0.2) is 0 Å². The molecule has 10 heavy (non-hydrogen) atoms. The summed E-state index contributed by atoms with van der Waals surface area (Å²) >= 11 is 1.74. The molecule has 2 nitrogen and oxygen atoms in total. The number of esters is 1. The van der Waals surface area contributed by atoms with Gasteiger partial charge in [-0.1, -0.05) is 6.58 Å². The minimum absolute atomic E-state index is 0.332. The van der Waals surface area contributed by atoms with Crippen LogP contribution in [-0.4, -0.2) is 24.6 Å². The lowest BCUT2D eigenvalue weighted by atomic mass is 10.5. The van der Waals surface area contributed by atoms with Crippen molar-refractivity contribution in [3.63, 3.8) is 0 Å². The highest BCUT2D eigenvalue weighted by atomic mass is 32.2. The predicted molar refractivity (Wildman–Crippen MR) is 44.2 cm³/mol. The zero-order valence-electron chi connectivity index (χ0n) is 6.13. The summed E-state index contributed by atoms with van der Waals surface area (Å²) < 4.78 is 4.72. The molecular weight excluding hydrogens is 148 g/mol. The van der Waals surface area contributed by atoms with Gasteiger partial charge in [-0.25, -0.2) is 4.79 Å². The number of ether oxygens (including phenoxy) is 1. The third-order valence-electron chi connectivity index (χ3n) is 0.904. The van der Waals surface area contributed by atoms with Crippen LogP contribution in [0.5, 0.6) is 0 Å². The molecule has 3 heteroatoms. The van der Waals surface area contributed by atoms with Gasteiger partial charge in [-0.2, -0.15) is 11.8 Å². The van der Waals surface area contributed by atoms with E-state index >= 15 is 0 Å². The van der Waals surface area contributed by atoms with E-state index in [1.54, 1.807) is 11.8 Å². The highest BCUT2D eigenvalue weighted by molar-refractivity contribution is 7.98. The summed E-state index contributed by atoms with van der Waals surface area (Å²) in [6.45, 7) is 3.79. The molecule has 0 saturated carbocycles. The molecule has 0 fully saturated rings. The van der Waals surface area contributed by atoms with Crippen LogP contribution in [0, 0.1) is 0 Å². The van der Waals surface area contributed by atoms with Gasteiger partial charge in [-0.15, -0.1) is 0 Å². The fourth-order valence-electron chi connectivity index (χ4n) is 0.435. The molecule has 0 bridgehead atoms. The first-order chi connectivity index (χ1) is 4.81. The van der Waals surface area contributed by atoms with Crippen LogP contribution in [0.4, 0.5) is 0 Å². The average Bonchev–Trinajstić information content (AvgIpc) is 1.98. The normalized spacial score (nSPS) is 8.90. The minimum atomic E-state index is -0.332. The van der Waals surface area contributed by atoms with Gasteiger partial charge in [0.25, 0.3) is 0 Å². The van der Waals surface area contributed by atoms with Crippen molar-refractivity contribution in [1.82, 2.24) is 0 Å². The van der Waals surface area contributed by atoms with E-state index in [2.05, 4.69) is 6.58 Å². The summed E-state index contributed by atoms with van der Waals surface area (Å²) in [6, 6.07) is 0. The number of hydrogen-bond donors (Lipinski definition) is 0. The summed E-state index contributed by atoms with van der Waals surface area (Å²) in [6.07, 6.45) is 4.12. The Hall–Kier alpha value is -0.440. The van der Waals surface area contributed by atoms with E-state index in [0.717, 1.165) is 12.2 Å². The Morgan fingerprint density at radius 1 is 1.80 bits per heavy atom. The Balaban J connectivity index is 3.03. The van der Waals surface area contributed by atoms with Crippen molar-refractivity contribution in [3.05, 3.63) is 12.7 Å². The first kappa shape index (κ1) is 9.56. The quantitative estimate of drug-likeness (QED) is 0.346. The van der Waals surface area contributed by atoms with Gasteiger partial charge in [-0.05, 0) is 18.4 Å². The lowest BCUT2D eigenvalue weighted by Gasteiger charge is -1.98. The molecule has 0 N–H and O–H groups in total. The van der Waals surface area contributed by atoms with E-state index in [0.29, 0.717) is 6.61 Å². The van der Waals surface area contributed by atoms with Gasteiger partial charge in [0.1, 0.15) is 0 Å². The number of carbonyl (C=O) groups is 1. The average molecular weight is 160 g/mol. The van der Waals surface area contributed by atoms with Crippen LogP contribution in [0.3, 0.4) is 0 Å². The highest BCUT2D eigenvalue weighted by Crippen LogP contribution is 1.95. The zero-order valence-corrected chi connectivity index (χ0v) is 6.95. The topological polar surface area (TPSA) is 26.3 Å². The van der Waals surface area contributed by atoms with Gasteiger partial charge < -0.3 is 4.74 Å². The predicted octanol–water partition coefficient (Wildman–Crippen LogP) is 1.47. The summed E-state index contributed by atoms with van der Waals surface area (Å²) in [5, 5.41) is 0. The largest absolute Gasteiger partial charge is 0.463 e. The molecule has 0 aromatic rings. The van der Waals surface area contributed by atoms with Crippen LogP contribution in [0.1, 0.15) is 6.42 Å². The molecule has 58 valence electrons. The van der Waals surface area contributed by atoms with Gasteiger partial charge >= 0.3 is 5.97 Å². The molecule has 0 rings (SSSR count). The first-order valence-corrected chi connectivity index (χ1v) is 4.48. The molecule has 0 aliphatic rings. The number of rotatable bonds is 5. The smallest absolute Gasteiger partial charge is 0.330 e. The maximum Gasteiger partial charge on any atom is 0.330 e. The van der Waals surface area contributed by atoms with Crippen molar-refractivity contribution in [2.24, 2.45) is 0 Å². The second-order valence-corrected chi connectivity index (χ2v) is 2.70. The monoisotopic (exact) mass is 160 g/mol. The Morgan fingerprint density at radius 2 is 2.50 bits per heavy atom. The Kier molecular flexibility index (Phi) is 6.38. The lowest BCUT2D eigenvalue weighted by molar-refractivity contribution is -0.137. The van der Waals surface area contributed by atoms with E-state index in [1.165, 1.54) is 6.08 Å². The molecule has 0 saturated heterocycles. The van der Waals surface area contributed by atoms with Crippen molar-refractivity contribution in [2.75, 3.05) is 18.6 Å². The maximum absolute atomic E-state index is 10.4. The molecule has 0 radical (unpaired) electrons. The van der Waals surface area contributed by atoms with Crippen molar-refractivity contribution in [1.29, 1.82) is 0 Å². The second kappa shape index (κ2) is 6.68. The van der Waals surface area contributed by atoms with Crippen molar-refractivity contribution in [3.8, 4) is 0 Å². The van der Waals surface area contributed by atoms with Crippen molar-refractivity contribution < 1.29 is 9.53 Å². The van der Waals surface area contributed by atoms with E-state index < -0.39 is 0 Å². The number of carbonyl (C=O) groups excluding carboxylic acids is 1. The van der Waals surface area contributed by atoms with Gasteiger partial charge in [0.05, 0.1) is 6.61 Å². The Labute approximate surface area is 65.6 Å². The summed E-state index contributed by atoms with van der Waals surface area (Å²) in [5.74, 6) is 0.700. The summed E-state index contributed by atoms with van der Waals surface area (Å²) in [4.78, 5) is 10.4. The van der Waals surface area contributed by atoms with Crippen LogP contribution < -0.4 is 0 Å². The molecule has 0 heterocycles. The van der Waals surface area contributed by atoms with E-state index in [9.17, 15) is 4.79 Å². The Bertz CT molecular complexity index is 112. The van der Waals surface area contributed by atoms with Crippen LogP contribution in [0.25, 0.3) is 0 Å². The SMILES string of the molecule is C=CC(=O)OCCCSC. The van der Waals surface area contributed by atoms with Gasteiger partial charge in [0.2, 0.25) is 0 Å². The molecule has 0 aromatic carbocycles. The zero-order chi connectivity index (χ0) is 7.82. The third-order valence-corrected chi connectivity index (χ3v) is 1.60. The van der Waals surface area contributed by atoms with Crippen molar-refractivity contribution >= 4 is 17.7 Å². The third kappa shape index (κ3) is 5.69. The van der Waals surface area contributed by atoms with E-state index in [1.807, 2.05) is 6.26 Å². The molecule has 0 spiro atoms. The van der Waals surface area contributed by atoms with E-state index in [-0.39, 0.29) is 5.97 Å². The second-order valence-electron chi connectivity index (χ2n) is 1.72. The molecule has 0 unspecified atom stereocenters. The molecule has 0 amide bonds. The number of hydrogen-bond acceptors (Lipinski definition) is 3. The molecule has 0 atom stereocenters. The first-order valence-electron chi connectivity index (χ1n) is 3.09. The Morgan fingerprint density at radius 3 is 3.00 bits per heavy atom. The fraction of sp³-hybridized carbons (Fsp3) is 0.571. The van der Waals surface area contributed by atoms with Gasteiger partial charge in [0, 0.05) is 6.08 Å². The minimum Gasteiger partial charge on any atom is -0.463 e. The van der Waals surface area contributed by atoms with Crippen LogP contribution in [0.2, 0.25) is 0 Å². The van der Waals surface area contributed by atoms with Crippen molar-refractivity contribution in [2.45, 2.75) is 6.42 Å². The number of thioether (sulfide) groups is 1. The molecule has 0 aliphatic heterocycles. The van der Waals surface area contributed by atoms with Gasteiger partial charge in [-0.3, -0.25) is 0 Å². The van der Waals surface area contributed by atoms with E-state index in [4.69, 9.17) is 4.74 Å². The fourth-order valence-corrected chi connectivity index (χ4v) is 0.841.